The second-order valence-corrected chi connectivity index (χ2v) is 4.01. The van der Waals surface area contributed by atoms with Gasteiger partial charge in [-0.25, -0.2) is 0 Å². The van der Waals surface area contributed by atoms with Crippen LogP contribution < -0.4 is 4.74 Å². The summed E-state index contributed by atoms with van der Waals surface area (Å²) in [6, 6.07) is 1.62. The number of aliphatic hydroxyl groups is 1. The van der Waals surface area contributed by atoms with Crippen molar-refractivity contribution < 1.29 is 14.9 Å². The van der Waals surface area contributed by atoms with Crippen LogP contribution in [-0.2, 0) is 6.61 Å². The molecule has 0 amide bonds. The summed E-state index contributed by atoms with van der Waals surface area (Å²) in [7, 11) is 1.45. The molecule has 1 aromatic rings. The minimum Gasteiger partial charge on any atom is -0.504 e. The molecule has 3 nitrogen and oxygen atoms in total. The van der Waals surface area contributed by atoms with Gasteiger partial charge in [-0.15, -0.1) is 0 Å². The van der Waals surface area contributed by atoms with E-state index in [1.165, 1.54) is 7.11 Å². The summed E-state index contributed by atoms with van der Waals surface area (Å²) < 4.78 is 6.27. The van der Waals surface area contributed by atoms with Gasteiger partial charge in [0.05, 0.1) is 13.7 Å². The Labute approximate surface area is 92.6 Å². The zero-order valence-corrected chi connectivity index (χ0v) is 10.0. The van der Waals surface area contributed by atoms with Gasteiger partial charge >= 0.3 is 0 Å². The first-order valence-electron chi connectivity index (χ1n) is 3.46. The monoisotopic (exact) mass is 310 g/mol. The number of aromatic hydroxyl groups is 1. The van der Waals surface area contributed by atoms with Gasteiger partial charge in [-0.3, -0.25) is 0 Å². The highest BCUT2D eigenvalue weighted by atomic mass is 79.9. The van der Waals surface area contributed by atoms with Gasteiger partial charge in [0.2, 0.25) is 0 Å². The average molecular weight is 312 g/mol. The predicted octanol–water partition coefficient (Wildman–Crippen LogP) is 2.42. The third-order valence-electron chi connectivity index (χ3n) is 1.63. The lowest BCUT2D eigenvalue weighted by Gasteiger charge is -2.10. The molecule has 0 fully saturated rings. The van der Waals surface area contributed by atoms with Crippen LogP contribution in [0.1, 0.15) is 5.56 Å². The van der Waals surface area contributed by atoms with Crippen LogP contribution in [0.25, 0.3) is 0 Å². The smallest absolute Gasteiger partial charge is 0.164 e. The Morgan fingerprint density at radius 2 is 2.08 bits per heavy atom. The Morgan fingerprint density at radius 3 is 2.54 bits per heavy atom. The molecule has 72 valence electrons. The van der Waals surface area contributed by atoms with Gasteiger partial charge in [-0.2, -0.15) is 0 Å². The van der Waals surface area contributed by atoms with Crippen molar-refractivity contribution in [1.82, 2.24) is 0 Å². The molecule has 0 aliphatic heterocycles. The van der Waals surface area contributed by atoms with E-state index in [1.807, 2.05) is 0 Å². The summed E-state index contributed by atoms with van der Waals surface area (Å²) in [4.78, 5) is 0. The highest BCUT2D eigenvalue weighted by Crippen LogP contribution is 2.40. The van der Waals surface area contributed by atoms with Crippen LogP contribution in [0.3, 0.4) is 0 Å². The predicted molar refractivity (Wildman–Crippen MR) is 56.0 cm³/mol. The van der Waals surface area contributed by atoms with Crippen molar-refractivity contribution in [3.63, 3.8) is 0 Å². The molecular weight excluding hydrogens is 304 g/mol. The molecule has 0 unspecified atom stereocenters. The normalized spacial score (nSPS) is 10.2. The van der Waals surface area contributed by atoms with Crippen LogP contribution >= 0.6 is 31.9 Å². The lowest BCUT2D eigenvalue weighted by atomic mass is 10.2. The summed E-state index contributed by atoms with van der Waals surface area (Å²) in [5.74, 6) is 0.291. The minimum absolute atomic E-state index is 0.0416. The van der Waals surface area contributed by atoms with Crippen molar-refractivity contribution in [3.8, 4) is 11.5 Å². The maximum atomic E-state index is 9.56. The fourth-order valence-corrected chi connectivity index (χ4v) is 1.82. The molecule has 0 saturated carbocycles. The summed E-state index contributed by atoms with van der Waals surface area (Å²) in [6.45, 7) is -0.248. The maximum absolute atomic E-state index is 9.56. The minimum atomic E-state index is -0.248. The highest BCUT2D eigenvalue weighted by Gasteiger charge is 2.14. The van der Waals surface area contributed by atoms with E-state index >= 15 is 0 Å². The van der Waals surface area contributed by atoms with E-state index in [4.69, 9.17) is 9.84 Å². The van der Waals surface area contributed by atoms with E-state index in [2.05, 4.69) is 31.9 Å². The Hall–Kier alpha value is -0.260. The molecule has 0 saturated heterocycles. The maximum Gasteiger partial charge on any atom is 0.164 e. The zero-order valence-electron chi connectivity index (χ0n) is 6.84. The molecule has 5 heteroatoms. The highest BCUT2D eigenvalue weighted by molar-refractivity contribution is 9.13. The van der Waals surface area contributed by atoms with Gasteiger partial charge < -0.3 is 14.9 Å². The summed E-state index contributed by atoms with van der Waals surface area (Å²) in [5, 5.41) is 18.5. The van der Waals surface area contributed by atoms with Crippen LogP contribution in [0.4, 0.5) is 0 Å². The topological polar surface area (TPSA) is 49.7 Å². The van der Waals surface area contributed by atoms with Crippen LogP contribution in [0, 0.1) is 0 Å². The van der Waals surface area contributed by atoms with Crippen LogP contribution in [-0.4, -0.2) is 17.3 Å². The van der Waals surface area contributed by atoms with E-state index in [0.29, 0.717) is 15.8 Å². The second kappa shape index (κ2) is 4.30. The number of rotatable bonds is 2. The lowest BCUT2D eigenvalue weighted by Crippen LogP contribution is -1.92. The quantitative estimate of drug-likeness (QED) is 0.882. The number of benzene rings is 1. The van der Waals surface area contributed by atoms with Crippen LogP contribution in [0.2, 0.25) is 0 Å². The van der Waals surface area contributed by atoms with E-state index in [-0.39, 0.29) is 12.4 Å². The first-order chi connectivity index (χ1) is 6.11. The van der Waals surface area contributed by atoms with Gasteiger partial charge in [-0.1, -0.05) is 0 Å². The third kappa shape index (κ3) is 1.98. The number of phenols is 1. The number of methoxy groups -OCH3 is 1. The van der Waals surface area contributed by atoms with Gasteiger partial charge in [0.25, 0.3) is 0 Å². The van der Waals surface area contributed by atoms with E-state index in [9.17, 15) is 5.11 Å². The first-order valence-corrected chi connectivity index (χ1v) is 5.05. The molecule has 1 aromatic carbocycles. The Kier molecular flexibility index (Phi) is 3.58. The van der Waals surface area contributed by atoms with Crippen molar-refractivity contribution in [2.75, 3.05) is 7.11 Å². The largest absolute Gasteiger partial charge is 0.504 e. The number of hydrogen-bond acceptors (Lipinski definition) is 3. The Morgan fingerprint density at radius 1 is 1.46 bits per heavy atom. The van der Waals surface area contributed by atoms with Crippen molar-refractivity contribution in [2.45, 2.75) is 6.61 Å². The van der Waals surface area contributed by atoms with Crippen molar-refractivity contribution in [1.29, 1.82) is 0 Å². The summed E-state index contributed by atoms with van der Waals surface area (Å²) >= 11 is 6.50. The molecule has 2 N–H and O–H groups in total. The molecule has 0 atom stereocenters. The molecule has 0 bridgehead atoms. The average Bonchev–Trinajstić information content (AvgIpc) is 2.12. The molecule has 0 aromatic heterocycles. The van der Waals surface area contributed by atoms with E-state index < -0.39 is 0 Å². The summed E-state index contributed by atoms with van der Waals surface area (Å²) in [6.07, 6.45) is 0. The fraction of sp³-hybridized carbons (Fsp3) is 0.250. The molecule has 0 spiro atoms. The first kappa shape index (κ1) is 10.8. The van der Waals surface area contributed by atoms with Crippen molar-refractivity contribution >= 4 is 31.9 Å². The number of aliphatic hydroxyl groups excluding tert-OH is 1. The Balaban J connectivity index is 3.39. The van der Waals surface area contributed by atoms with Gasteiger partial charge in [0, 0.05) is 14.5 Å². The number of hydrogen-bond donors (Lipinski definition) is 2. The van der Waals surface area contributed by atoms with Gasteiger partial charge in [-0.05, 0) is 37.9 Å². The van der Waals surface area contributed by atoms with Gasteiger partial charge in [0.15, 0.2) is 11.5 Å². The van der Waals surface area contributed by atoms with Crippen LogP contribution in [0.15, 0.2) is 15.0 Å². The number of halogens is 2. The molecule has 0 radical (unpaired) electrons. The Bertz CT molecular complexity index is 326. The SMILES string of the molecule is COc1cc(Br)c(Br)c(CO)c1O. The molecule has 13 heavy (non-hydrogen) atoms. The molecule has 0 heterocycles. The molecular formula is C8H8Br2O3. The summed E-state index contributed by atoms with van der Waals surface area (Å²) in [5.41, 5.74) is 0.409. The zero-order chi connectivity index (χ0) is 10.0. The third-order valence-corrected chi connectivity index (χ3v) is 3.69. The van der Waals surface area contributed by atoms with E-state index in [1.54, 1.807) is 6.07 Å². The fourth-order valence-electron chi connectivity index (χ4n) is 0.944. The van der Waals surface area contributed by atoms with Crippen molar-refractivity contribution in [3.05, 3.63) is 20.6 Å². The number of ether oxygens (including phenoxy) is 1. The molecule has 0 aliphatic rings. The van der Waals surface area contributed by atoms with Crippen LogP contribution in [0.5, 0.6) is 11.5 Å². The standard InChI is InChI=1S/C8H8Br2O3/c1-13-6-2-5(9)7(10)4(3-11)8(6)12/h2,11-12H,3H2,1H3. The lowest BCUT2D eigenvalue weighted by molar-refractivity contribution is 0.271. The van der Waals surface area contributed by atoms with Crippen molar-refractivity contribution in [2.24, 2.45) is 0 Å². The van der Waals surface area contributed by atoms with Gasteiger partial charge in [0.1, 0.15) is 0 Å². The second-order valence-electron chi connectivity index (χ2n) is 2.36. The van der Waals surface area contributed by atoms with E-state index in [0.717, 1.165) is 4.47 Å². The molecule has 0 aliphatic carbocycles. The molecule has 1 rings (SSSR count).